The normalized spacial score (nSPS) is 25.3. The summed E-state index contributed by atoms with van der Waals surface area (Å²) in [4.78, 5) is 16.9. The number of ether oxygens (including phenoxy) is 2. The molecule has 1 saturated heterocycles. The van der Waals surface area contributed by atoms with Gasteiger partial charge < -0.3 is 19.9 Å². The highest BCUT2D eigenvalue weighted by atomic mass is 19.4. The van der Waals surface area contributed by atoms with E-state index in [0.717, 1.165) is 26.2 Å². The summed E-state index contributed by atoms with van der Waals surface area (Å²) in [7, 11) is 0.973. The molecule has 0 bridgehead atoms. The number of methoxy groups -OCH3 is 1. The molecule has 2 N–H and O–H groups in total. The molecule has 4 atom stereocenters. The molecule has 186 valence electrons. The number of para-hydroxylation sites is 1. The lowest BCUT2D eigenvalue weighted by molar-refractivity contribution is -0.272. The Hall–Kier alpha value is -2.86. The van der Waals surface area contributed by atoms with Crippen LogP contribution in [0.5, 0.6) is 5.75 Å². The average Bonchev–Trinajstić information content (AvgIpc) is 3.05. The van der Waals surface area contributed by atoms with Crippen molar-refractivity contribution in [3.63, 3.8) is 0 Å². The first kappa shape index (κ1) is 25.8. The van der Waals surface area contributed by atoms with Crippen molar-refractivity contribution in [3.05, 3.63) is 53.3 Å². The summed E-state index contributed by atoms with van der Waals surface area (Å²) in [6, 6.07) is 5.75. The summed E-state index contributed by atoms with van der Waals surface area (Å²) in [5.41, 5.74) is -3.83. The number of aliphatic hydroxyl groups is 1. The van der Waals surface area contributed by atoms with Crippen LogP contribution in [0.15, 0.2) is 36.5 Å². The molecule has 1 aliphatic heterocycles. The van der Waals surface area contributed by atoms with Gasteiger partial charge in [-0.05, 0) is 25.1 Å². The number of aromatic nitrogens is 1. The predicted octanol–water partition coefficient (Wildman–Crippen LogP) is 4.68. The Bertz CT molecular complexity index is 1040. The van der Waals surface area contributed by atoms with Gasteiger partial charge in [-0.15, -0.1) is 0 Å². The predicted molar refractivity (Wildman–Crippen MR) is 108 cm³/mol. The molecule has 0 saturated carbocycles. The van der Waals surface area contributed by atoms with Crippen LogP contribution in [0.2, 0.25) is 0 Å². The van der Waals surface area contributed by atoms with Crippen LogP contribution in [0.25, 0.3) is 0 Å². The highest BCUT2D eigenvalue weighted by Gasteiger charge is 2.66. The van der Waals surface area contributed by atoms with Crippen molar-refractivity contribution >= 4 is 11.6 Å². The molecule has 0 spiro atoms. The maximum atomic E-state index is 14.0. The maximum absolute atomic E-state index is 14.0. The van der Waals surface area contributed by atoms with E-state index in [4.69, 9.17) is 14.6 Å². The van der Waals surface area contributed by atoms with Crippen LogP contribution >= 0.6 is 0 Å². The number of nitrogens with zero attached hydrogens (tertiary/aromatic N) is 1. The maximum Gasteiger partial charge on any atom is 0.419 e. The topological polar surface area (TPSA) is 80.7 Å². The molecule has 0 radical (unpaired) electrons. The van der Waals surface area contributed by atoms with Gasteiger partial charge in [-0.2, -0.15) is 26.3 Å². The second-order valence-corrected chi connectivity index (χ2v) is 8.07. The molecular weight excluding hydrogens is 470 g/mol. The first-order valence-electron chi connectivity index (χ1n) is 10.1. The zero-order valence-corrected chi connectivity index (χ0v) is 18.3. The van der Waals surface area contributed by atoms with Gasteiger partial charge in [-0.1, -0.05) is 19.1 Å². The number of hydrogen-bond acceptors (Lipinski definition) is 5. The van der Waals surface area contributed by atoms with Gasteiger partial charge >= 0.3 is 12.4 Å². The highest BCUT2D eigenvalue weighted by molar-refractivity contribution is 5.95. The Balaban J connectivity index is 2.09. The van der Waals surface area contributed by atoms with E-state index in [1.165, 1.54) is 31.3 Å². The number of hydrogen-bond donors (Lipinski definition) is 2. The van der Waals surface area contributed by atoms with Crippen LogP contribution in [-0.4, -0.2) is 41.0 Å². The SMILES string of the molecule is COc1c([C@@H]2[C@@H](C(=O)Nc3ccc(CO)nc3)O[C@](C)(C(F)(F)F)[C@@H]2C)cccc1C(F)(F)F. The second-order valence-electron chi connectivity index (χ2n) is 8.07. The molecule has 0 unspecified atom stereocenters. The number of alkyl halides is 6. The van der Waals surface area contributed by atoms with Crippen LogP contribution in [0.1, 0.15) is 36.6 Å². The third kappa shape index (κ3) is 4.56. The van der Waals surface area contributed by atoms with Crippen LogP contribution < -0.4 is 10.1 Å². The number of nitrogens with one attached hydrogen (secondary N) is 1. The van der Waals surface area contributed by atoms with Gasteiger partial charge in [-0.25, -0.2) is 0 Å². The monoisotopic (exact) mass is 492 g/mol. The molecular formula is C22H22F6N2O4. The zero-order chi connectivity index (χ0) is 25.5. The summed E-state index contributed by atoms with van der Waals surface area (Å²) >= 11 is 0. The van der Waals surface area contributed by atoms with Gasteiger partial charge in [0.25, 0.3) is 5.91 Å². The average molecular weight is 492 g/mol. The van der Waals surface area contributed by atoms with Gasteiger partial charge in [0.15, 0.2) is 5.60 Å². The van der Waals surface area contributed by atoms with Crippen molar-refractivity contribution in [1.29, 1.82) is 0 Å². The van der Waals surface area contributed by atoms with E-state index >= 15 is 0 Å². The minimum atomic E-state index is -4.92. The first-order chi connectivity index (χ1) is 15.7. The molecule has 6 nitrogen and oxygen atoms in total. The van der Waals surface area contributed by atoms with E-state index in [1.807, 2.05) is 0 Å². The molecule has 34 heavy (non-hydrogen) atoms. The van der Waals surface area contributed by atoms with E-state index in [1.54, 1.807) is 0 Å². The number of amides is 1. The number of benzene rings is 1. The van der Waals surface area contributed by atoms with E-state index < -0.39 is 53.1 Å². The molecule has 2 aromatic rings. The van der Waals surface area contributed by atoms with Crippen molar-refractivity contribution in [2.75, 3.05) is 12.4 Å². The lowest BCUT2D eigenvalue weighted by Crippen LogP contribution is -2.47. The molecule has 3 rings (SSSR count). The molecule has 1 amide bonds. The number of aliphatic hydroxyl groups excluding tert-OH is 1. The van der Waals surface area contributed by atoms with Gasteiger partial charge in [0.2, 0.25) is 0 Å². The quantitative estimate of drug-likeness (QED) is 0.593. The summed E-state index contributed by atoms with van der Waals surface area (Å²) in [5, 5.41) is 11.5. The number of carbonyl (C=O) groups is 1. The minimum Gasteiger partial charge on any atom is -0.496 e. The number of anilines is 1. The fraction of sp³-hybridized carbons (Fsp3) is 0.455. The molecule has 1 aromatic carbocycles. The van der Waals surface area contributed by atoms with Gasteiger partial charge in [-0.3, -0.25) is 9.78 Å². The number of halogens is 6. The van der Waals surface area contributed by atoms with Gasteiger partial charge in [0, 0.05) is 17.4 Å². The number of rotatable bonds is 5. The largest absolute Gasteiger partial charge is 0.496 e. The van der Waals surface area contributed by atoms with Crippen molar-refractivity contribution in [1.82, 2.24) is 4.98 Å². The van der Waals surface area contributed by atoms with Crippen LogP contribution in [0, 0.1) is 5.92 Å². The summed E-state index contributed by atoms with van der Waals surface area (Å²) in [6.45, 7) is 1.57. The van der Waals surface area contributed by atoms with Gasteiger partial charge in [0.1, 0.15) is 11.9 Å². The van der Waals surface area contributed by atoms with Crippen molar-refractivity contribution in [2.24, 2.45) is 5.92 Å². The Kier molecular flexibility index (Phi) is 6.87. The summed E-state index contributed by atoms with van der Waals surface area (Å²) in [5.74, 6) is -4.54. The third-order valence-electron chi connectivity index (χ3n) is 6.10. The zero-order valence-electron chi connectivity index (χ0n) is 18.3. The Labute approximate surface area is 190 Å². The Morgan fingerprint density at radius 1 is 1.21 bits per heavy atom. The number of pyridine rings is 1. The molecule has 1 aliphatic rings. The Morgan fingerprint density at radius 3 is 2.38 bits per heavy atom. The van der Waals surface area contributed by atoms with E-state index in [0.29, 0.717) is 5.69 Å². The van der Waals surface area contributed by atoms with Crippen LogP contribution in [-0.2, 0) is 22.3 Å². The molecule has 1 fully saturated rings. The summed E-state index contributed by atoms with van der Waals surface area (Å²) < 4.78 is 92.8. The molecule has 12 heteroatoms. The smallest absolute Gasteiger partial charge is 0.419 e. The first-order valence-corrected chi connectivity index (χ1v) is 10.1. The standard InChI is InChI=1S/C22H22F6N2O4/c1-11-16(14-5-4-6-15(17(14)33-3)21(23,24)25)18(34-20(11,2)22(26,27)28)19(32)30-12-7-8-13(10-31)29-9-12/h4-9,11,16,18,31H,10H2,1-3H3,(H,30,32)/t11-,16-,18+,20+/m1/s1. The lowest BCUT2D eigenvalue weighted by atomic mass is 9.76. The van der Waals surface area contributed by atoms with Crippen LogP contribution in [0.4, 0.5) is 32.0 Å². The van der Waals surface area contributed by atoms with Crippen molar-refractivity contribution < 1.29 is 45.7 Å². The third-order valence-corrected chi connectivity index (χ3v) is 6.10. The molecule has 0 aliphatic carbocycles. The van der Waals surface area contributed by atoms with E-state index in [9.17, 15) is 31.1 Å². The van der Waals surface area contributed by atoms with E-state index in [2.05, 4.69) is 10.3 Å². The van der Waals surface area contributed by atoms with E-state index in [-0.39, 0.29) is 17.9 Å². The molecule has 1 aromatic heterocycles. The lowest BCUT2D eigenvalue weighted by Gasteiger charge is -2.32. The highest BCUT2D eigenvalue weighted by Crippen LogP contribution is 2.55. The van der Waals surface area contributed by atoms with Crippen LogP contribution in [0.3, 0.4) is 0 Å². The Morgan fingerprint density at radius 2 is 1.88 bits per heavy atom. The summed E-state index contributed by atoms with van der Waals surface area (Å²) in [6.07, 6.45) is -10.4. The second kappa shape index (κ2) is 9.06. The fourth-order valence-corrected chi connectivity index (χ4v) is 4.10. The fourth-order valence-electron chi connectivity index (χ4n) is 4.10. The van der Waals surface area contributed by atoms with Crippen molar-refractivity contribution in [2.45, 2.75) is 50.4 Å². The minimum absolute atomic E-state index is 0.105. The van der Waals surface area contributed by atoms with Crippen molar-refractivity contribution in [3.8, 4) is 5.75 Å². The molecule has 2 heterocycles. The van der Waals surface area contributed by atoms with Gasteiger partial charge in [0.05, 0.1) is 36.9 Å². The number of carbonyl (C=O) groups excluding carboxylic acids is 1.